The van der Waals surface area contributed by atoms with E-state index in [0.717, 1.165) is 5.56 Å². The molecule has 0 saturated heterocycles. The number of benzene rings is 2. The SMILES string of the molecule is COC(=O)c1ccc(Cl)c(NS(=O)(=O)c2nnc(NC(=O)c3cccc(C)c3)s2)c1. The van der Waals surface area contributed by atoms with Crippen LogP contribution in [0.25, 0.3) is 0 Å². The summed E-state index contributed by atoms with van der Waals surface area (Å²) in [4.78, 5) is 23.9. The van der Waals surface area contributed by atoms with Gasteiger partial charge in [-0.3, -0.25) is 14.8 Å². The Hall–Kier alpha value is -3.02. The first-order chi connectivity index (χ1) is 14.2. The first kappa shape index (κ1) is 21.7. The van der Waals surface area contributed by atoms with Gasteiger partial charge in [-0.15, -0.1) is 10.2 Å². The molecular formula is C18H15ClN4O5S2. The van der Waals surface area contributed by atoms with Gasteiger partial charge in [0.15, 0.2) is 0 Å². The number of sulfonamides is 1. The number of carbonyl (C=O) groups excluding carboxylic acids is 2. The first-order valence-corrected chi connectivity index (χ1v) is 11.0. The summed E-state index contributed by atoms with van der Waals surface area (Å²) >= 11 is 6.69. The fraction of sp³-hybridized carbons (Fsp3) is 0.111. The van der Waals surface area contributed by atoms with Crippen LogP contribution in [0.2, 0.25) is 5.02 Å². The van der Waals surface area contributed by atoms with Crippen LogP contribution in [0.3, 0.4) is 0 Å². The number of methoxy groups -OCH3 is 1. The molecule has 0 atom stereocenters. The number of ether oxygens (including phenoxy) is 1. The van der Waals surface area contributed by atoms with E-state index in [1.807, 2.05) is 13.0 Å². The summed E-state index contributed by atoms with van der Waals surface area (Å²) in [5.74, 6) is -1.09. The number of esters is 1. The molecule has 1 amide bonds. The minimum Gasteiger partial charge on any atom is -0.465 e. The molecule has 0 spiro atoms. The summed E-state index contributed by atoms with van der Waals surface area (Å²) in [5, 5.41) is 9.92. The van der Waals surface area contributed by atoms with E-state index >= 15 is 0 Å². The maximum Gasteiger partial charge on any atom is 0.337 e. The molecule has 3 rings (SSSR count). The van der Waals surface area contributed by atoms with Gasteiger partial charge in [0.1, 0.15) is 0 Å². The van der Waals surface area contributed by atoms with Crippen molar-refractivity contribution in [2.24, 2.45) is 0 Å². The minimum atomic E-state index is -4.16. The molecule has 0 fully saturated rings. The molecule has 2 aromatic carbocycles. The summed E-state index contributed by atoms with van der Waals surface area (Å²) in [6.07, 6.45) is 0. The van der Waals surface area contributed by atoms with E-state index in [2.05, 4.69) is 25.0 Å². The van der Waals surface area contributed by atoms with Gasteiger partial charge in [0.2, 0.25) is 5.13 Å². The van der Waals surface area contributed by atoms with E-state index in [4.69, 9.17) is 11.6 Å². The number of halogens is 1. The molecule has 0 unspecified atom stereocenters. The normalized spacial score (nSPS) is 11.0. The Labute approximate surface area is 181 Å². The number of anilines is 2. The maximum absolute atomic E-state index is 12.6. The monoisotopic (exact) mass is 466 g/mol. The Morgan fingerprint density at radius 1 is 1.10 bits per heavy atom. The van der Waals surface area contributed by atoms with Crippen molar-refractivity contribution < 1.29 is 22.7 Å². The number of amides is 1. The molecule has 156 valence electrons. The molecule has 0 radical (unpaired) electrons. The lowest BCUT2D eigenvalue weighted by Crippen LogP contribution is -2.14. The zero-order valence-corrected chi connectivity index (χ0v) is 18.1. The number of hydrogen-bond acceptors (Lipinski definition) is 8. The maximum atomic E-state index is 12.6. The number of aromatic nitrogens is 2. The molecule has 1 aromatic heterocycles. The van der Waals surface area contributed by atoms with Gasteiger partial charge < -0.3 is 4.74 Å². The highest BCUT2D eigenvalue weighted by Crippen LogP contribution is 2.28. The van der Waals surface area contributed by atoms with Crippen molar-refractivity contribution in [2.45, 2.75) is 11.3 Å². The van der Waals surface area contributed by atoms with Crippen molar-refractivity contribution in [2.75, 3.05) is 17.1 Å². The molecule has 9 nitrogen and oxygen atoms in total. The summed E-state index contributed by atoms with van der Waals surface area (Å²) < 4.78 is 31.7. The van der Waals surface area contributed by atoms with E-state index in [0.29, 0.717) is 16.9 Å². The van der Waals surface area contributed by atoms with Gasteiger partial charge in [0, 0.05) is 5.56 Å². The van der Waals surface area contributed by atoms with Gasteiger partial charge in [-0.2, -0.15) is 8.42 Å². The molecule has 0 aliphatic carbocycles. The highest BCUT2D eigenvalue weighted by Gasteiger charge is 2.23. The van der Waals surface area contributed by atoms with Crippen molar-refractivity contribution in [3.63, 3.8) is 0 Å². The van der Waals surface area contributed by atoms with Crippen LogP contribution in [-0.2, 0) is 14.8 Å². The predicted molar refractivity (Wildman–Crippen MR) is 113 cm³/mol. The number of carbonyl (C=O) groups is 2. The summed E-state index contributed by atoms with van der Waals surface area (Å²) in [6, 6.07) is 10.9. The molecule has 2 N–H and O–H groups in total. The third kappa shape index (κ3) is 4.93. The largest absolute Gasteiger partial charge is 0.465 e. The van der Waals surface area contributed by atoms with Gasteiger partial charge >= 0.3 is 5.97 Å². The van der Waals surface area contributed by atoms with Crippen molar-refractivity contribution >= 4 is 55.7 Å². The van der Waals surface area contributed by atoms with Crippen LogP contribution in [0, 0.1) is 6.92 Å². The van der Waals surface area contributed by atoms with Gasteiger partial charge in [-0.1, -0.05) is 40.6 Å². The van der Waals surface area contributed by atoms with E-state index in [1.54, 1.807) is 18.2 Å². The minimum absolute atomic E-state index is 0.0105. The highest BCUT2D eigenvalue weighted by molar-refractivity contribution is 7.94. The lowest BCUT2D eigenvalue weighted by molar-refractivity contribution is 0.0600. The Bertz CT molecular complexity index is 1230. The predicted octanol–water partition coefficient (Wildman–Crippen LogP) is 3.34. The van der Waals surface area contributed by atoms with Crippen LogP contribution >= 0.6 is 22.9 Å². The second kappa shape index (κ2) is 8.78. The molecule has 0 aliphatic rings. The third-order valence-corrected chi connectivity index (χ3v) is 6.67. The lowest BCUT2D eigenvalue weighted by atomic mass is 10.1. The number of rotatable bonds is 6. The standard InChI is InChI=1S/C18H15ClN4O5S2/c1-10-4-3-5-11(8-10)15(24)20-17-21-22-18(29-17)30(26,27)23-14-9-12(16(25)28-2)6-7-13(14)19/h3-9,23H,1-2H3,(H,20,21,24). The highest BCUT2D eigenvalue weighted by atomic mass is 35.5. The average molecular weight is 467 g/mol. The van der Waals surface area contributed by atoms with Gasteiger partial charge in [0.05, 0.1) is 23.4 Å². The Morgan fingerprint density at radius 2 is 1.87 bits per heavy atom. The first-order valence-electron chi connectivity index (χ1n) is 8.32. The number of nitrogens with one attached hydrogen (secondary N) is 2. The summed E-state index contributed by atoms with van der Waals surface area (Å²) in [6.45, 7) is 1.85. The van der Waals surface area contributed by atoms with Crippen LogP contribution in [0.4, 0.5) is 10.8 Å². The molecule has 12 heteroatoms. The zero-order valence-electron chi connectivity index (χ0n) is 15.7. The van der Waals surface area contributed by atoms with E-state index in [-0.39, 0.29) is 25.7 Å². The fourth-order valence-corrected chi connectivity index (χ4v) is 4.55. The van der Waals surface area contributed by atoms with Crippen LogP contribution in [0.5, 0.6) is 0 Å². The Morgan fingerprint density at radius 3 is 2.57 bits per heavy atom. The molecule has 0 bridgehead atoms. The van der Waals surface area contributed by atoms with Gasteiger partial charge in [-0.25, -0.2) is 4.79 Å². The molecule has 30 heavy (non-hydrogen) atoms. The Balaban J connectivity index is 1.79. The van der Waals surface area contributed by atoms with Crippen LogP contribution in [-0.4, -0.2) is 37.6 Å². The van der Waals surface area contributed by atoms with Crippen molar-refractivity contribution in [1.29, 1.82) is 0 Å². The summed E-state index contributed by atoms with van der Waals surface area (Å²) in [5.41, 5.74) is 1.39. The number of hydrogen-bond donors (Lipinski definition) is 2. The number of aryl methyl sites for hydroxylation is 1. The number of nitrogens with zero attached hydrogens (tertiary/aromatic N) is 2. The fourth-order valence-electron chi connectivity index (χ4n) is 2.36. The van der Waals surface area contributed by atoms with Gasteiger partial charge in [0.25, 0.3) is 20.3 Å². The lowest BCUT2D eigenvalue weighted by Gasteiger charge is -2.08. The Kier molecular flexibility index (Phi) is 6.34. The van der Waals surface area contributed by atoms with Crippen LogP contribution < -0.4 is 10.0 Å². The smallest absolute Gasteiger partial charge is 0.337 e. The van der Waals surface area contributed by atoms with Crippen molar-refractivity contribution in [1.82, 2.24) is 10.2 Å². The second-order valence-electron chi connectivity index (χ2n) is 5.99. The topological polar surface area (TPSA) is 127 Å². The van der Waals surface area contributed by atoms with Crippen LogP contribution in [0.15, 0.2) is 46.8 Å². The van der Waals surface area contributed by atoms with E-state index in [9.17, 15) is 18.0 Å². The van der Waals surface area contributed by atoms with E-state index < -0.39 is 21.9 Å². The summed E-state index contributed by atoms with van der Waals surface area (Å²) in [7, 11) is -2.96. The van der Waals surface area contributed by atoms with Crippen molar-refractivity contribution in [3.8, 4) is 0 Å². The van der Waals surface area contributed by atoms with E-state index in [1.165, 1.54) is 25.3 Å². The van der Waals surface area contributed by atoms with Crippen molar-refractivity contribution in [3.05, 3.63) is 64.2 Å². The zero-order chi connectivity index (χ0) is 21.9. The molecule has 0 saturated carbocycles. The molecular weight excluding hydrogens is 452 g/mol. The quantitative estimate of drug-likeness (QED) is 0.421. The molecule has 0 aliphatic heterocycles. The second-order valence-corrected chi connectivity index (χ2v) is 9.23. The molecule has 3 aromatic rings. The third-order valence-electron chi connectivity index (χ3n) is 3.77. The average Bonchev–Trinajstić information content (AvgIpc) is 3.18. The van der Waals surface area contributed by atoms with Gasteiger partial charge in [-0.05, 0) is 37.3 Å². The molecule has 1 heterocycles. The van der Waals surface area contributed by atoms with Crippen LogP contribution in [0.1, 0.15) is 26.3 Å².